The number of carbonyl (C=O) groups is 1. The van der Waals surface area contributed by atoms with Crippen molar-refractivity contribution in [3.8, 4) is 11.1 Å². The summed E-state index contributed by atoms with van der Waals surface area (Å²) in [4.78, 5) is 11.0. The van der Waals surface area contributed by atoms with E-state index in [1.807, 2.05) is 29.6 Å². The molecule has 0 aromatic heterocycles. The summed E-state index contributed by atoms with van der Waals surface area (Å²) in [5, 5.41) is 1.90. The van der Waals surface area contributed by atoms with E-state index in [0.29, 0.717) is 6.42 Å². The molecule has 0 unspecified atom stereocenters. The van der Waals surface area contributed by atoms with Gasteiger partial charge in [0.05, 0.1) is 10.7 Å². The first-order valence-corrected chi connectivity index (χ1v) is 6.53. The molecule has 2 aromatic rings. The Morgan fingerprint density at radius 2 is 1.81 bits per heavy atom. The number of nitrogens with one attached hydrogen (secondary N) is 1. The Hall–Kier alpha value is -2.01. The number of rotatable bonds is 1. The van der Waals surface area contributed by atoms with Crippen LogP contribution in [0.25, 0.3) is 11.1 Å². The van der Waals surface area contributed by atoms with Gasteiger partial charge < -0.3 is 5.32 Å². The van der Waals surface area contributed by atoms with Crippen molar-refractivity contribution in [2.75, 3.05) is 5.32 Å². The fraction of sp³-hybridized carbons (Fsp3) is 0.133. The van der Waals surface area contributed by atoms with E-state index in [0.717, 1.165) is 22.3 Å². The van der Waals surface area contributed by atoms with E-state index in [9.17, 15) is 18.0 Å². The van der Waals surface area contributed by atoms with Gasteiger partial charge in [-0.25, -0.2) is 0 Å². The monoisotopic (exact) mass is 311 g/mol. The molecule has 2 aromatic carbocycles. The van der Waals surface area contributed by atoms with Crippen LogP contribution >= 0.6 is 11.6 Å². The molecule has 1 amide bonds. The third kappa shape index (κ3) is 2.49. The topological polar surface area (TPSA) is 29.1 Å². The molecule has 2 nitrogen and oxygen atoms in total. The van der Waals surface area contributed by atoms with Crippen molar-refractivity contribution in [2.24, 2.45) is 0 Å². The number of alkyl halides is 3. The van der Waals surface area contributed by atoms with Gasteiger partial charge >= 0.3 is 12.1 Å². The zero-order valence-corrected chi connectivity index (χ0v) is 11.3. The average molecular weight is 312 g/mol. The molecule has 21 heavy (non-hydrogen) atoms. The van der Waals surface area contributed by atoms with Gasteiger partial charge in [0.15, 0.2) is 0 Å². The van der Waals surface area contributed by atoms with E-state index >= 15 is 0 Å². The van der Waals surface area contributed by atoms with Gasteiger partial charge in [-0.15, -0.1) is 0 Å². The highest BCUT2D eigenvalue weighted by Crippen LogP contribution is 2.40. The van der Waals surface area contributed by atoms with Gasteiger partial charge in [-0.3, -0.25) is 4.79 Å². The maximum absolute atomic E-state index is 12.3. The molecule has 0 spiro atoms. The number of hydrogen-bond donors (Lipinski definition) is 1. The van der Waals surface area contributed by atoms with Crippen LogP contribution < -0.4 is 5.32 Å². The van der Waals surface area contributed by atoms with Crippen LogP contribution in [0.2, 0.25) is 5.02 Å². The largest absolute Gasteiger partial charge is 0.471 e. The molecule has 108 valence electrons. The van der Waals surface area contributed by atoms with Crippen LogP contribution in [0, 0.1) is 0 Å². The number of halogens is 4. The van der Waals surface area contributed by atoms with Gasteiger partial charge in [-0.2, -0.15) is 13.2 Å². The summed E-state index contributed by atoms with van der Waals surface area (Å²) in [5.74, 6) is -2.03. The average Bonchev–Trinajstić information content (AvgIpc) is 2.76. The normalized spacial score (nSPS) is 12.8. The lowest BCUT2D eigenvalue weighted by Gasteiger charge is -2.11. The van der Waals surface area contributed by atoms with E-state index in [-0.39, 0.29) is 10.7 Å². The first kappa shape index (κ1) is 13.9. The second-order valence-electron chi connectivity index (χ2n) is 4.78. The Labute approximate surface area is 123 Å². The van der Waals surface area contributed by atoms with Crippen molar-refractivity contribution < 1.29 is 18.0 Å². The smallest absolute Gasteiger partial charge is 0.317 e. The Balaban J connectivity index is 1.98. The predicted molar refractivity (Wildman–Crippen MR) is 74.4 cm³/mol. The first-order valence-electron chi connectivity index (χ1n) is 6.15. The van der Waals surface area contributed by atoms with Crippen molar-refractivity contribution in [3.05, 3.63) is 52.5 Å². The summed E-state index contributed by atoms with van der Waals surface area (Å²) in [6, 6.07) is 10.8. The molecule has 1 aliphatic rings. The standard InChI is InChI=1S/C15H9ClF3NO/c16-12-7-11-9(5-8-3-1-2-4-10(8)11)6-13(12)20-14(21)15(17,18)19/h1-4,6-7H,5H2,(H,20,21). The van der Waals surface area contributed by atoms with Crippen molar-refractivity contribution in [3.63, 3.8) is 0 Å². The molecule has 0 saturated carbocycles. The van der Waals surface area contributed by atoms with Crippen LogP contribution in [0.1, 0.15) is 11.1 Å². The number of fused-ring (bicyclic) bond motifs is 3. The lowest BCUT2D eigenvalue weighted by Crippen LogP contribution is -2.30. The molecule has 0 aliphatic heterocycles. The van der Waals surface area contributed by atoms with E-state index < -0.39 is 12.1 Å². The van der Waals surface area contributed by atoms with Crippen LogP contribution in [-0.4, -0.2) is 12.1 Å². The minimum absolute atomic E-state index is 0.0226. The maximum Gasteiger partial charge on any atom is 0.471 e. The fourth-order valence-corrected chi connectivity index (χ4v) is 2.66. The van der Waals surface area contributed by atoms with Gasteiger partial charge in [0, 0.05) is 0 Å². The third-order valence-electron chi connectivity index (χ3n) is 3.39. The van der Waals surface area contributed by atoms with Crippen LogP contribution in [0.4, 0.5) is 18.9 Å². The van der Waals surface area contributed by atoms with Gasteiger partial charge in [-0.05, 0) is 40.8 Å². The van der Waals surface area contributed by atoms with E-state index in [4.69, 9.17) is 11.6 Å². The van der Waals surface area contributed by atoms with Crippen LogP contribution in [0.5, 0.6) is 0 Å². The van der Waals surface area contributed by atoms with Crippen LogP contribution in [0.3, 0.4) is 0 Å². The zero-order chi connectivity index (χ0) is 15.2. The predicted octanol–water partition coefficient (Wildman–Crippen LogP) is 4.41. The fourth-order valence-electron chi connectivity index (χ4n) is 2.45. The SMILES string of the molecule is O=C(Nc1cc2c(cc1Cl)-c1ccccc1C2)C(F)(F)F. The van der Waals surface area contributed by atoms with Gasteiger partial charge in [0.25, 0.3) is 0 Å². The summed E-state index contributed by atoms with van der Waals surface area (Å²) in [6.07, 6.45) is -4.33. The van der Waals surface area contributed by atoms with Gasteiger partial charge in [-0.1, -0.05) is 35.9 Å². The molecule has 0 saturated heterocycles. The second kappa shape index (κ2) is 4.77. The number of anilines is 1. The first-order chi connectivity index (χ1) is 9.86. The number of hydrogen-bond acceptors (Lipinski definition) is 1. The highest BCUT2D eigenvalue weighted by atomic mass is 35.5. The number of benzene rings is 2. The minimum atomic E-state index is -4.94. The van der Waals surface area contributed by atoms with Crippen molar-refractivity contribution >= 4 is 23.2 Å². The molecule has 0 bridgehead atoms. The van der Waals surface area contributed by atoms with Crippen LogP contribution in [0.15, 0.2) is 36.4 Å². The summed E-state index contributed by atoms with van der Waals surface area (Å²) >= 11 is 5.99. The quantitative estimate of drug-likeness (QED) is 0.708. The molecule has 6 heteroatoms. The van der Waals surface area contributed by atoms with Crippen molar-refractivity contribution in [2.45, 2.75) is 12.6 Å². The highest BCUT2D eigenvalue weighted by molar-refractivity contribution is 6.34. The Morgan fingerprint density at radius 1 is 1.10 bits per heavy atom. The van der Waals surface area contributed by atoms with E-state index in [2.05, 4.69) is 0 Å². The Bertz CT molecular complexity index is 740. The summed E-state index contributed by atoms with van der Waals surface area (Å²) in [5.41, 5.74) is 3.81. The summed E-state index contributed by atoms with van der Waals surface area (Å²) < 4.78 is 36.9. The van der Waals surface area contributed by atoms with Crippen molar-refractivity contribution in [1.82, 2.24) is 0 Å². The molecular formula is C15H9ClF3NO. The lowest BCUT2D eigenvalue weighted by atomic mass is 10.1. The van der Waals surface area contributed by atoms with Gasteiger partial charge in [0.2, 0.25) is 0 Å². The maximum atomic E-state index is 12.3. The van der Waals surface area contributed by atoms with E-state index in [1.165, 1.54) is 6.07 Å². The number of amides is 1. The highest BCUT2D eigenvalue weighted by Gasteiger charge is 2.39. The van der Waals surface area contributed by atoms with Crippen LogP contribution in [-0.2, 0) is 11.2 Å². The minimum Gasteiger partial charge on any atom is -0.317 e. The molecule has 3 rings (SSSR count). The van der Waals surface area contributed by atoms with E-state index in [1.54, 1.807) is 6.07 Å². The molecular weight excluding hydrogens is 303 g/mol. The van der Waals surface area contributed by atoms with Gasteiger partial charge in [0.1, 0.15) is 0 Å². The third-order valence-corrected chi connectivity index (χ3v) is 3.70. The zero-order valence-electron chi connectivity index (χ0n) is 10.6. The lowest BCUT2D eigenvalue weighted by molar-refractivity contribution is -0.167. The molecule has 0 atom stereocenters. The van der Waals surface area contributed by atoms with Crippen molar-refractivity contribution in [1.29, 1.82) is 0 Å². The molecule has 1 N–H and O–H groups in total. The summed E-state index contributed by atoms with van der Waals surface area (Å²) in [6.45, 7) is 0. The molecule has 0 radical (unpaired) electrons. The molecule has 0 heterocycles. The molecule has 0 fully saturated rings. The Kier molecular flexibility index (Phi) is 3.17. The number of carbonyl (C=O) groups excluding carboxylic acids is 1. The second-order valence-corrected chi connectivity index (χ2v) is 5.18. The molecule has 1 aliphatic carbocycles. The Morgan fingerprint density at radius 3 is 2.52 bits per heavy atom. The summed E-state index contributed by atoms with van der Waals surface area (Å²) in [7, 11) is 0.